The Bertz CT molecular complexity index is 2330. The molecule has 0 saturated carbocycles. The smallest absolute Gasteiger partial charge is 0.135 e. The van der Waals surface area contributed by atoms with Crippen molar-refractivity contribution >= 4 is 53.8 Å². The second kappa shape index (κ2) is 10.3. The Kier molecular flexibility index (Phi) is 5.93. The molecule has 0 fully saturated rings. The fraction of sp³-hybridized carbons (Fsp3) is 0. The molecule has 9 aromatic rings. The van der Waals surface area contributed by atoms with E-state index >= 15 is 0 Å². The van der Waals surface area contributed by atoms with Gasteiger partial charge in [0, 0.05) is 46.8 Å². The molecule has 0 saturated heterocycles. The molecule has 0 N–H and O–H groups in total. The number of hydrogen-bond acceptors (Lipinski definition) is 1. The van der Waals surface area contributed by atoms with Gasteiger partial charge in [-0.25, -0.2) is 0 Å². The van der Waals surface area contributed by atoms with Gasteiger partial charge in [-0.15, -0.1) is 10.0 Å². The maximum absolute atomic E-state index is 6.48. The number of aromatic nitrogens is 1. The van der Waals surface area contributed by atoms with Crippen LogP contribution in [0.3, 0.4) is 0 Å². The summed E-state index contributed by atoms with van der Waals surface area (Å²) >= 11 is 0. The largest absolute Gasteiger partial charge is 0.456 e. The van der Waals surface area contributed by atoms with E-state index in [0.717, 1.165) is 27.6 Å². The monoisotopic (exact) mass is 595 g/mol. The lowest BCUT2D eigenvalue weighted by Gasteiger charge is -2.42. The van der Waals surface area contributed by atoms with Crippen LogP contribution in [-0.4, -0.2) is 4.57 Å². The fourth-order valence-corrected chi connectivity index (χ4v) is 10.9. The van der Waals surface area contributed by atoms with Crippen LogP contribution in [-0.2, 0) is 0 Å². The van der Waals surface area contributed by atoms with Gasteiger partial charge in [-0.1, -0.05) is 91.0 Å². The molecule has 0 aliphatic rings. The van der Waals surface area contributed by atoms with Crippen LogP contribution in [0.1, 0.15) is 0 Å². The normalized spacial score (nSPS) is 12.4. The van der Waals surface area contributed by atoms with Gasteiger partial charge in [0.1, 0.15) is 11.2 Å². The van der Waals surface area contributed by atoms with E-state index < -0.39 is 10.0 Å². The maximum Gasteiger partial charge on any atom is 0.135 e. The lowest BCUT2D eigenvalue weighted by molar-refractivity contribution is 0.668. The molecule has 214 valence electrons. The summed E-state index contributed by atoms with van der Waals surface area (Å²) in [4.78, 5) is 5.20. The summed E-state index contributed by atoms with van der Waals surface area (Å²) < 4.78 is 8.86. The van der Waals surface area contributed by atoms with Crippen LogP contribution >= 0.6 is 10.0 Å². The molecule has 2 nitrogen and oxygen atoms in total. The first kappa shape index (κ1) is 25.9. The van der Waals surface area contributed by atoms with Gasteiger partial charge in [-0.2, -0.15) is 0 Å². The van der Waals surface area contributed by atoms with E-state index in [1.54, 1.807) is 0 Å². The molecule has 0 radical (unpaired) electrons. The highest BCUT2D eigenvalue weighted by molar-refractivity contribution is 8.34. The minimum absolute atomic E-state index is 0.895. The molecule has 3 heteroatoms. The van der Waals surface area contributed by atoms with Crippen molar-refractivity contribution in [1.29, 1.82) is 0 Å². The Morgan fingerprint density at radius 3 is 1.33 bits per heavy atom. The quantitative estimate of drug-likeness (QED) is 0.194. The topological polar surface area (TPSA) is 18.1 Å². The molecule has 0 bridgehead atoms. The van der Waals surface area contributed by atoms with Crippen LogP contribution in [0.2, 0.25) is 0 Å². The van der Waals surface area contributed by atoms with Crippen molar-refractivity contribution in [3.63, 3.8) is 0 Å². The Balaban J connectivity index is 1.34. The highest BCUT2D eigenvalue weighted by Crippen LogP contribution is 2.73. The SMILES string of the molecule is c1ccc(S(c2ccccc2)(c2ccccc2)c2ccc3oc4ccc(-n5c6ccccc6c6ccccc65)cc4c3c2)cc1. The first-order valence-corrected chi connectivity index (χ1v) is 16.9. The van der Waals surface area contributed by atoms with E-state index in [-0.39, 0.29) is 0 Å². The van der Waals surface area contributed by atoms with Crippen molar-refractivity contribution in [2.45, 2.75) is 19.6 Å². The summed E-state index contributed by atoms with van der Waals surface area (Å²) in [6.07, 6.45) is 0. The predicted octanol–water partition coefficient (Wildman–Crippen LogP) is 12.0. The Morgan fingerprint density at radius 1 is 0.356 bits per heavy atom. The van der Waals surface area contributed by atoms with Crippen molar-refractivity contribution in [2.75, 3.05) is 0 Å². The minimum atomic E-state index is -1.81. The molecule has 9 rings (SSSR count). The zero-order valence-corrected chi connectivity index (χ0v) is 25.3. The Labute approximate surface area is 263 Å². The van der Waals surface area contributed by atoms with Crippen molar-refractivity contribution in [3.05, 3.63) is 176 Å². The lowest BCUT2D eigenvalue weighted by Crippen LogP contribution is -2.04. The third-order valence-electron chi connectivity index (χ3n) is 8.91. The van der Waals surface area contributed by atoms with E-state index in [2.05, 4.69) is 180 Å². The number of nitrogens with zero attached hydrogens (tertiary/aromatic N) is 1. The average Bonchev–Trinajstić information content (AvgIpc) is 3.65. The molecule has 2 heterocycles. The predicted molar refractivity (Wildman–Crippen MR) is 188 cm³/mol. The molecule has 0 atom stereocenters. The van der Waals surface area contributed by atoms with E-state index in [0.29, 0.717) is 0 Å². The van der Waals surface area contributed by atoms with Gasteiger partial charge in [0.15, 0.2) is 0 Å². The Morgan fingerprint density at radius 2 is 0.800 bits per heavy atom. The summed E-state index contributed by atoms with van der Waals surface area (Å²) in [7, 11) is -1.81. The second-order valence-corrected chi connectivity index (χ2v) is 14.5. The first-order chi connectivity index (χ1) is 22.3. The fourth-order valence-electron chi connectivity index (χ4n) is 6.97. The zero-order chi connectivity index (χ0) is 29.8. The van der Waals surface area contributed by atoms with Gasteiger partial charge in [0.05, 0.1) is 11.0 Å². The highest BCUT2D eigenvalue weighted by Gasteiger charge is 2.33. The van der Waals surface area contributed by atoms with Crippen LogP contribution in [0.25, 0.3) is 49.4 Å². The number of para-hydroxylation sites is 2. The summed E-state index contributed by atoms with van der Waals surface area (Å²) in [5.41, 5.74) is 5.32. The summed E-state index contributed by atoms with van der Waals surface area (Å²) in [6, 6.07) is 63.7. The third-order valence-corrected chi connectivity index (χ3v) is 12.8. The number of hydrogen-bond donors (Lipinski definition) is 0. The van der Waals surface area contributed by atoms with Gasteiger partial charge in [-0.3, -0.25) is 0 Å². The van der Waals surface area contributed by atoms with E-state index in [1.807, 2.05) is 0 Å². The maximum atomic E-state index is 6.48. The van der Waals surface area contributed by atoms with E-state index in [4.69, 9.17) is 4.42 Å². The molecule has 0 aliphatic heterocycles. The molecular formula is C42H29NOS. The van der Waals surface area contributed by atoms with Crippen LogP contribution < -0.4 is 0 Å². The van der Waals surface area contributed by atoms with Gasteiger partial charge >= 0.3 is 0 Å². The molecular weight excluding hydrogens is 567 g/mol. The van der Waals surface area contributed by atoms with Gasteiger partial charge in [0.25, 0.3) is 0 Å². The molecule has 45 heavy (non-hydrogen) atoms. The first-order valence-electron chi connectivity index (χ1n) is 15.3. The molecule has 0 amide bonds. The number of fused-ring (bicyclic) bond motifs is 6. The molecule has 2 aromatic heterocycles. The lowest BCUT2D eigenvalue weighted by atomic mass is 10.1. The third kappa shape index (κ3) is 3.91. The van der Waals surface area contributed by atoms with Crippen LogP contribution in [0.4, 0.5) is 0 Å². The highest BCUT2D eigenvalue weighted by atomic mass is 32.3. The minimum Gasteiger partial charge on any atom is -0.456 e. The van der Waals surface area contributed by atoms with Crippen molar-refractivity contribution in [1.82, 2.24) is 4.57 Å². The van der Waals surface area contributed by atoms with Crippen LogP contribution in [0.5, 0.6) is 0 Å². The van der Waals surface area contributed by atoms with Crippen LogP contribution in [0.15, 0.2) is 200 Å². The number of furan rings is 1. The molecule has 0 aliphatic carbocycles. The number of rotatable bonds is 5. The standard InChI is InChI=1S/C42H29NOS/c1-4-14-31(15-5-1)45(32-16-6-2-7-17-32,33-18-8-3-9-19-33)34-25-27-42-38(29-34)37-28-30(24-26-41(37)44-42)43-39-22-12-10-20-35(39)36-21-11-13-23-40(36)43/h1-29H. The van der Waals surface area contributed by atoms with E-state index in [9.17, 15) is 0 Å². The molecule has 7 aromatic carbocycles. The van der Waals surface area contributed by atoms with Crippen molar-refractivity contribution in [3.8, 4) is 5.69 Å². The average molecular weight is 596 g/mol. The molecule has 0 unspecified atom stereocenters. The van der Waals surface area contributed by atoms with Crippen molar-refractivity contribution < 1.29 is 4.42 Å². The second-order valence-electron chi connectivity index (χ2n) is 11.4. The van der Waals surface area contributed by atoms with Gasteiger partial charge < -0.3 is 8.98 Å². The van der Waals surface area contributed by atoms with Crippen molar-refractivity contribution in [2.24, 2.45) is 0 Å². The van der Waals surface area contributed by atoms with Crippen LogP contribution in [0, 0.1) is 0 Å². The summed E-state index contributed by atoms with van der Waals surface area (Å²) in [5.74, 6) is 0. The summed E-state index contributed by atoms with van der Waals surface area (Å²) in [6.45, 7) is 0. The summed E-state index contributed by atoms with van der Waals surface area (Å²) in [5, 5.41) is 4.77. The molecule has 0 spiro atoms. The Hall–Kier alpha value is -5.51. The van der Waals surface area contributed by atoms with E-state index in [1.165, 1.54) is 41.4 Å². The van der Waals surface area contributed by atoms with Gasteiger partial charge in [0.2, 0.25) is 0 Å². The zero-order valence-electron chi connectivity index (χ0n) is 24.5. The number of benzene rings is 7. The van der Waals surface area contributed by atoms with Gasteiger partial charge in [-0.05, 0) is 84.9 Å².